The van der Waals surface area contributed by atoms with E-state index in [0.717, 1.165) is 6.07 Å². The maximum Gasteiger partial charge on any atom is 0.356 e. The zero-order chi connectivity index (χ0) is 13.4. The topological polar surface area (TPSA) is 55.1 Å². The second-order valence-electron chi connectivity index (χ2n) is 3.59. The first-order chi connectivity index (χ1) is 8.40. The van der Waals surface area contributed by atoms with Crippen molar-refractivity contribution in [1.82, 2.24) is 9.78 Å². The molecule has 1 heterocycles. The Balaban J connectivity index is 2.62. The molecule has 0 atom stereocenters. The predicted molar refractivity (Wildman–Crippen MR) is 65.6 cm³/mol. The monoisotopic (exact) mass is 288 g/mol. The Hall–Kier alpha value is -1.59. The van der Waals surface area contributed by atoms with Crippen LogP contribution in [0.5, 0.6) is 0 Å². The van der Waals surface area contributed by atoms with Crippen molar-refractivity contribution in [2.24, 2.45) is 7.05 Å². The molecule has 2 rings (SSSR count). The van der Waals surface area contributed by atoms with Crippen LogP contribution in [0.15, 0.2) is 18.2 Å². The van der Waals surface area contributed by atoms with Gasteiger partial charge in [0.1, 0.15) is 5.82 Å². The Labute approximate surface area is 112 Å². The van der Waals surface area contributed by atoms with E-state index in [2.05, 4.69) is 5.10 Å². The molecule has 4 nitrogen and oxygen atoms in total. The van der Waals surface area contributed by atoms with E-state index in [9.17, 15) is 9.18 Å². The first-order valence-corrected chi connectivity index (χ1v) is 5.58. The molecule has 2 aromatic rings. The zero-order valence-corrected chi connectivity index (χ0v) is 10.6. The number of carboxylic acid groups (broad SMARTS) is 1. The molecule has 0 aliphatic carbocycles. The third kappa shape index (κ3) is 2.19. The van der Waals surface area contributed by atoms with Crippen molar-refractivity contribution in [3.8, 4) is 11.3 Å². The molecule has 1 aromatic heterocycles. The van der Waals surface area contributed by atoms with Gasteiger partial charge in [-0.05, 0) is 18.2 Å². The molecule has 0 saturated carbocycles. The second-order valence-corrected chi connectivity index (χ2v) is 4.40. The molecule has 0 aliphatic rings. The van der Waals surface area contributed by atoms with Gasteiger partial charge in [0, 0.05) is 12.6 Å². The second kappa shape index (κ2) is 4.59. The Bertz CT molecular complexity index is 640. The Morgan fingerprint density at radius 2 is 2.00 bits per heavy atom. The molecule has 0 saturated heterocycles. The van der Waals surface area contributed by atoms with Crippen molar-refractivity contribution in [2.45, 2.75) is 0 Å². The summed E-state index contributed by atoms with van der Waals surface area (Å²) in [5.41, 5.74) is 0.744. The minimum atomic E-state index is -1.15. The van der Waals surface area contributed by atoms with Crippen LogP contribution in [0.1, 0.15) is 10.5 Å². The van der Waals surface area contributed by atoms with Crippen LogP contribution in [0, 0.1) is 5.82 Å². The van der Waals surface area contributed by atoms with Crippen molar-refractivity contribution in [3.05, 3.63) is 39.8 Å². The quantitative estimate of drug-likeness (QED) is 0.863. The average molecular weight is 289 g/mol. The molecular formula is C11H7Cl2FN2O2. The van der Waals surface area contributed by atoms with Gasteiger partial charge in [-0.3, -0.25) is 4.68 Å². The maximum absolute atomic E-state index is 13.2. The maximum atomic E-state index is 13.2. The van der Waals surface area contributed by atoms with Crippen molar-refractivity contribution in [1.29, 1.82) is 0 Å². The van der Waals surface area contributed by atoms with Crippen LogP contribution in [0.4, 0.5) is 4.39 Å². The van der Waals surface area contributed by atoms with Crippen LogP contribution in [0.25, 0.3) is 11.3 Å². The van der Waals surface area contributed by atoms with Gasteiger partial charge in [0.15, 0.2) is 5.69 Å². The number of aryl methyl sites for hydroxylation is 1. The first-order valence-electron chi connectivity index (χ1n) is 4.82. The van der Waals surface area contributed by atoms with Crippen LogP contribution in [-0.4, -0.2) is 20.9 Å². The van der Waals surface area contributed by atoms with E-state index in [1.165, 1.54) is 16.8 Å². The molecule has 0 bridgehead atoms. The molecule has 0 aliphatic heterocycles. The van der Waals surface area contributed by atoms with E-state index in [4.69, 9.17) is 28.3 Å². The van der Waals surface area contributed by atoms with Gasteiger partial charge in [-0.2, -0.15) is 5.10 Å². The molecule has 0 fully saturated rings. The number of hydrogen-bond donors (Lipinski definition) is 1. The van der Waals surface area contributed by atoms with Gasteiger partial charge in [-0.25, -0.2) is 9.18 Å². The van der Waals surface area contributed by atoms with Gasteiger partial charge >= 0.3 is 5.97 Å². The average Bonchev–Trinajstić information content (AvgIpc) is 2.66. The lowest BCUT2D eigenvalue weighted by Crippen LogP contribution is -1.99. The lowest BCUT2D eigenvalue weighted by molar-refractivity contribution is 0.0689. The third-order valence-electron chi connectivity index (χ3n) is 2.38. The summed E-state index contributed by atoms with van der Waals surface area (Å²) in [5.74, 6) is -1.78. The van der Waals surface area contributed by atoms with Crippen LogP contribution in [-0.2, 0) is 7.05 Å². The fraction of sp³-hybridized carbons (Fsp3) is 0.0909. The number of aromatic carboxylic acids is 1. The minimum absolute atomic E-state index is 0.0903. The molecule has 0 radical (unpaired) electrons. The summed E-state index contributed by atoms with van der Waals surface area (Å²) in [6.07, 6.45) is 0. The lowest BCUT2D eigenvalue weighted by Gasteiger charge is -2.05. The van der Waals surface area contributed by atoms with Crippen molar-refractivity contribution in [2.75, 3.05) is 0 Å². The van der Waals surface area contributed by atoms with Crippen LogP contribution >= 0.6 is 23.2 Å². The van der Waals surface area contributed by atoms with Gasteiger partial charge in [0.05, 0.1) is 15.7 Å². The molecule has 94 valence electrons. The van der Waals surface area contributed by atoms with Gasteiger partial charge < -0.3 is 5.11 Å². The summed E-state index contributed by atoms with van der Waals surface area (Å²) in [7, 11) is 1.56. The number of hydrogen-bond acceptors (Lipinski definition) is 2. The first kappa shape index (κ1) is 12.9. The summed E-state index contributed by atoms with van der Waals surface area (Å²) in [4.78, 5) is 10.8. The lowest BCUT2D eigenvalue weighted by atomic mass is 10.1. The van der Waals surface area contributed by atoms with Crippen LogP contribution < -0.4 is 0 Å². The molecule has 1 aromatic carbocycles. The van der Waals surface area contributed by atoms with E-state index in [1.807, 2.05) is 0 Å². The van der Waals surface area contributed by atoms with E-state index in [1.54, 1.807) is 7.05 Å². The highest BCUT2D eigenvalue weighted by Gasteiger charge is 2.16. The Morgan fingerprint density at radius 3 is 2.56 bits per heavy atom. The van der Waals surface area contributed by atoms with Crippen molar-refractivity contribution in [3.63, 3.8) is 0 Å². The van der Waals surface area contributed by atoms with E-state index in [0.29, 0.717) is 11.3 Å². The third-order valence-corrected chi connectivity index (χ3v) is 2.99. The van der Waals surface area contributed by atoms with Crippen LogP contribution in [0.3, 0.4) is 0 Å². The standard InChI is InChI=1S/C11H7Cl2FN2O2/c1-16-10(4-9(15-16)11(17)18)5-2-7(13)8(14)3-6(5)12/h2-4H,1H3,(H,17,18). The number of benzene rings is 1. The highest BCUT2D eigenvalue weighted by Crippen LogP contribution is 2.32. The fourth-order valence-corrected chi connectivity index (χ4v) is 1.95. The van der Waals surface area contributed by atoms with E-state index >= 15 is 0 Å². The molecule has 0 spiro atoms. The number of halogens is 3. The normalized spacial score (nSPS) is 10.7. The van der Waals surface area contributed by atoms with Gasteiger partial charge in [-0.15, -0.1) is 0 Å². The van der Waals surface area contributed by atoms with Crippen molar-refractivity contribution < 1.29 is 14.3 Å². The number of aromatic nitrogens is 2. The highest BCUT2D eigenvalue weighted by molar-refractivity contribution is 6.35. The summed E-state index contributed by atoms with van der Waals surface area (Å²) < 4.78 is 14.5. The molecule has 0 unspecified atom stereocenters. The summed E-state index contributed by atoms with van der Waals surface area (Å²) >= 11 is 11.6. The summed E-state index contributed by atoms with van der Waals surface area (Å²) in [6, 6.07) is 3.76. The molecule has 0 amide bonds. The van der Waals surface area contributed by atoms with Gasteiger partial charge in [0.25, 0.3) is 0 Å². The molecule has 7 heteroatoms. The van der Waals surface area contributed by atoms with Gasteiger partial charge in [-0.1, -0.05) is 23.2 Å². The number of rotatable bonds is 2. The summed E-state index contributed by atoms with van der Waals surface area (Å²) in [6.45, 7) is 0. The van der Waals surface area contributed by atoms with Gasteiger partial charge in [0.2, 0.25) is 0 Å². The molecule has 1 N–H and O–H groups in total. The minimum Gasteiger partial charge on any atom is -0.476 e. The van der Waals surface area contributed by atoms with E-state index in [-0.39, 0.29) is 15.7 Å². The van der Waals surface area contributed by atoms with E-state index < -0.39 is 11.8 Å². The van der Waals surface area contributed by atoms with Crippen LogP contribution in [0.2, 0.25) is 10.0 Å². The molecule has 18 heavy (non-hydrogen) atoms. The number of carbonyl (C=O) groups is 1. The summed E-state index contributed by atoms with van der Waals surface area (Å²) in [5, 5.41) is 12.7. The Kier molecular flexibility index (Phi) is 3.28. The molecular weight excluding hydrogens is 282 g/mol. The number of nitrogens with zero attached hydrogens (tertiary/aromatic N) is 2. The van der Waals surface area contributed by atoms with Crippen molar-refractivity contribution >= 4 is 29.2 Å². The predicted octanol–water partition coefficient (Wildman–Crippen LogP) is 3.23. The SMILES string of the molecule is Cn1nc(C(=O)O)cc1-c1cc(Cl)c(F)cc1Cl. The highest BCUT2D eigenvalue weighted by atomic mass is 35.5. The number of carboxylic acids is 1. The Morgan fingerprint density at radius 1 is 1.33 bits per heavy atom. The zero-order valence-electron chi connectivity index (χ0n) is 9.12. The largest absolute Gasteiger partial charge is 0.476 e. The smallest absolute Gasteiger partial charge is 0.356 e. The fourth-order valence-electron chi connectivity index (χ4n) is 1.54.